The van der Waals surface area contributed by atoms with Crippen LogP contribution in [-0.2, 0) is 16.0 Å². The van der Waals surface area contributed by atoms with Gasteiger partial charge in [-0.15, -0.1) is 0 Å². The van der Waals surface area contributed by atoms with Crippen molar-refractivity contribution in [3.05, 3.63) is 41.5 Å². The summed E-state index contributed by atoms with van der Waals surface area (Å²) in [6.45, 7) is 4.07. The van der Waals surface area contributed by atoms with Crippen LogP contribution < -0.4 is 5.32 Å². The molecule has 1 amide bonds. The van der Waals surface area contributed by atoms with E-state index in [1.807, 2.05) is 31.2 Å². The zero-order valence-corrected chi connectivity index (χ0v) is 12.6. The lowest BCUT2D eigenvalue weighted by Gasteiger charge is -2.12. The Kier molecular flexibility index (Phi) is 7.23. The van der Waals surface area contributed by atoms with E-state index >= 15 is 0 Å². The average molecular weight is 289 g/mol. The molecule has 0 fully saturated rings. The Labute approximate surface area is 125 Å². The molecule has 0 saturated heterocycles. The normalized spacial score (nSPS) is 12.3. The largest absolute Gasteiger partial charge is 0.480 e. The number of aliphatic carboxylic acids is 1. The topological polar surface area (TPSA) is 66.4 Å². The number of hydrogen-bond acceptors (Lipinski definition) is 2. The molecule has 0 saturated carbocycles. The van der Waals surface area contributed by atoms with E-state index < -0.39 is 12.0 Å². The molecule has 0 bridgehead atoms. The molecule has 0 aromatic heterocycles. The van der Waals surface area contributed by atoms with Crippen LogP contribution in [-0.4, -0.2) is 23.0 Å². The maximum absolute atomic E-state index is 11.8. The van der Waals surface area contributed by atoms with E-state index in [9.17, 15) is 9.59 Å². The Hall–Kier alpha value is -2.10. The molecular formula is C17H23NO3. The number of carboxylic acids is 1. The van der Waals surface area contributed by atoms with Gasteiger partial charge >= 0.3 is 5.97 Å². The van der Waals surface area contributed by atoms with Crippen molar-refractivity contribution in [3.8, 4) is 0 Å². The van der Waals surface area contributed by atoms with Gasteiger partial charge in [0.25, 0.3) is 0 Å². The van der Waals surface area contributed by atoms with Crippen molar-refractivity contribution in [1.29, 1.82) is 0 Å². The van der Waals surface area contributed by atoms with Gasteiger partial charge in [-0.3, -0.25) is 4.79 Å². The van der Waals surface area contributed by atoms with Crippen LogP contribution in [0.5, 0.6) is 0 Å². The molecule has 0 aliphatic heterocycles. The minimum absolute atomic E-state index is 0.377. The van der Waals surface area contributed by atoms with Crippen LogP contribution in [0.1, 0.15) is 44.2 Å². The van der Waals surface area contributed by atoms with Gasteiger partial charge in [0, 0.05) is 6.08 Å². The number of hydrogen-bond donors (Lipinski definition) is 2. The molecule has 0 aliphatic rings. The predicted octanol–water partition coefficient (Wildman–Crippen LogP) is 3.02. The van der Waals surface area contributed by atoms with Gasteiger partial charge in [0.2, 0.25) is 5.91 Å². The summed E-state index contributed by atoms with van der Waals surface area (Å²) in [5, 5.41) is 11.6. The summed E-state index contributed by atoms with van der Waals surface area (Å²) in [5.74, 6) is -1.37. The van der Waals surface area contributed by atoms with E-state index in [2.05, 4.69) is 12.2 Å². The smallest absolute Gasteiger partial charge is 0.326 e. The number of aryl methyl sites for hydroxylation is 1. The van der Waals surface area contributed by atoms with Crippen molar-refractivity contribution in [1.82, 2.24) is 5.32 Å². The van der Waals surface area contributed by atoms with Crippen LogP contribution >= 0.6 is 0 Å². The summed E-state index contributed by atoms with van der Waals surface area (Å²) in [6.07, 6.45) is 6.17. The first-order chi connectivity index (χ1) is 10.1. The number of rotatable bonds is 8. The molecule has 1 aromatic carbocycles. The lowest BCUT2D eigenvalue weighted by Crippen LogP contribution is -2.39. The number of benzene rings is 1. The predicted molar refractivity (Wildman–Crippen MR) is 83.9 cm³/mol. The average Bonchev–Trinajstić information content (AvgIpc) is 2.49. The molecule has 0 radical (unpaired) electrons. The Morgan fingerprint density at radius 3 is 2.43 bits per heavy atom. The fourth-order valence-corrected chi connectivity index (χ4v) is 1.92. The molecule has 1 atom stereocenters. The molecule has 1 rings (SSSR count). The second kappa shape index (κ2) is 8.95. The second-order valence-corrected chi connectivity index (χ2v) is 4.97. The molecule has 2 N–H and O–H groups in total. The van der Waals surface area contributed by atoms with E-state index in [1.54, 1.807) is 6.08 Å². The van der Waals surface area contributed by atoms with Crippen LogP contribution in [0, 0.1) is 0 Å². The third kappa shape index (κ3) is 6.25. The van der Waals surface area contributed by atoms with Crippen LogP contribution in [0.15, 0.2) is 30.3 Å². The highest BCUT2D eigenvalue weighted by Crippen LogP contribution is 2.07. The number of carbonyl (C=O) groups is 2. The number of carbonyl (C=O) groups excluding carboxylic acids is 1. The van der Waals surface area contributed by atoms with Gasteiger partial charge in [-0.05, 0) is 30.0 Å². The monoisotopic (exact) mass is 289 g/mol. The summed E-state index contributed by atoms with van der Waals surface area (Å²) < 4.78 is 0. The second-order valence-electron chi connectivity index (χ2n) is 4.97. The third-order valence-electron chi connectivity index (χ3n) is 3.28. The SMILES string of the molecule is CCCCC(NC(=O)/C=C/c1ccc(CC)cc1)C(=O)O. The number of carboxylic acid groups (broad SMARTS) is 1. The Bertz CT molecular complexity index is 491. The standard InChI is InChI=1S/C17H23NO3/c1-3-5-6-15(17(20)21)18-16(19)12-11-14-9-7-13(4-2)8-10-14/h7-12,15H,3-6H2,1-2H3,(H,18,19)(H,20,21)/b12-11+. The van der Waals surface area contributed by atoms with E-state index in [4.69, 9.17) is 5.11 Å². The van der Waals surface area contributed by atoms with Gasteiger partial charge in [-0.2, -0.15) is 0 Å². The molecule has 4 nitrogen and oxygen atoms in total. The van der Waals surface area contributed by atoms with Crippen molar-refractivity contribution in [3.63, 3.8) is 0 Å². The molecule has 1 aromatic rings. The van der Waals surface area contributed by atoms with E-state index in [-0.39, 0.29) is 5.91 Å². The number of unbranched alkanes of at least 4 members (excludes halogenated alkanes) is 1. The summed E-state index contributed by atoms with van der Waals surface area (Å²) >= 11 is 0. The van der Waals surface area contributed by atoms with Crippen molar-refractivity contribution < 1.29 is 14.7 Å². The van der Waals surface area contributed by atoms with Crippen molar-refractivity contribution in [2.24, 2.45) is 0 Å². The third-order valence-corrected chi connectivity index (χ3v) is 3.28. The molecule has 0 spiro atoms. The first-order valence-corrected chi connectivity index (χ1v) is 7.37. The summed E-state index contributed by atoms with van der Waals surface area (Å²) in [5.41, 5.74) is 2.16. The van der Waals surface area contributed by atoms with Gasteiger partial charge in [0.1, 0.15) is 6.04 Å². The van der Waals surface area contributed by atoms with Gasteiger partial charge in [0.05, 0.1) is 0 Å². The molecule has 0 heterocycles. The van der Waals surface area contributed by atoms with Crippen LogP contribution in [0.2, 0.25) is 0 Å². The van der Waals surface area contributed by atoms with Crippen LogP contribution in [0.4, 0.5) is 0 Å². The fourth-order valence-electron chi connectivity index (χ4n) is 1.92. The Balaban J connectivity index is 2.57. The zero-order chi connectivity index (χ0) is 15.7. The minimum Gasteiger partial charge on any atom is -0.480 e. The lowest BCUT2D eigenvalue weighted by molar-refractivity contribution is -0.141. The van der Waals surface area contributed by atoms with E-state index in [0.717, 1.165) is 24.8 Å². The maximum atomic E-state index is 11.8. The Morgan fingerprint density at radius 2 is 1.90 bits per heavy atom. The van der Waals surface area contributed by atoms with E-state index in [1.165, 1.54) is 11.6 Å². The van der Waals surface area contributed by atoms with Gasteiger partial charge < -0.3 is 10.4 Å². The quantitative estimate of drug-likeness (QED) is 0.723. The number of amides is 1. The van der Waals surface area contributed by atoms with Crippen molar-refractivity contribution in [2.45, 2.75) is 45.6 Å². The summed E-state index contributed by atoms with van der Waals surface area (Å²) in [6, 6.07) is 7.09. The molecule has 21 heavy (non-hydrogen) atoms. The molecule has 1 unspecified atom stereocenters. The van der Waals surface area contributed by atoms with Crippen LogP contribution in [0.3, 0.4) is 0 Å². The minimum atomic E-state index is -0.988. The molecule has 0 aliphatic carbocycles. The van der Waals surface area contributed by atoms with Gasteiger partial charge in [-0.1, -0.05) is 51.0 Å². The zero-order valence-electron chi connectivity index (χ0n) is 12.6. The molecule has 4 heteroatoms. The lowest BCUT2D eigenvalue weighted by atomic mass is 10.1. The summed E-state index contributed by atoms with van der Waals surface area (Å²) in [7, 11) is 0. The molecule has 114 valence electrons. The van der Waals surface area contributed by atoms with Gasteiger partial charge in [0.15, 0.2) is 0 Å². The number of nitrogens with one attached hydrogen (secondary N) is 1. The van der Waals surface area contributed by atoms with Gasteiger partial charge in [-0.25, -0.2) is 4.79 Å². The highest BCUT2D eigenvalue weighted by Gasteiger charge is 2.17. The maximum Gasteiger partial charge on any atom is 0.326 e. The van der Waals surface area contributed by atoms with E-state index in [0.29, 0.717) is 6.42 Å². The summed E-state index contributed by atoms with van der Waals surface area (Å²) in [4.78, 5) is 22.8. The molecular weight excluding hydrogens is 266 g/mol. The highest BCUT2D eigenvalue weighted by atomic mass is 16.4. The highest BCUT2D eigenvalue weighted by molar-refractivity contribution is 5.94. The fraction of sp³-hybridized carbons (Fsp3) is 0.412. The van der Waals surface area contributed by atoms with Crippen molar-refractivity contribution >= 4 is 18.0 Å². The van der Waals surface area contributed by atoms with Crippen molar-refractivity contribution in [2.75, 3.05) is 0 Å². The first-order valence-electron chi connectivity index (χ1n) is 7.37. The first kappa shape index (κ1) is 17.0. The Morgan fingerprint density at radius 1 is 1.24 bits per heavy atom. The van der Waals surface area contributed by atoms with Crippen LogP contribution in [0.25, 0.3) is 6.08 Å².